The average Bonchev–Trinajstić information content (AvgIpc) is 2.68. The largest absolute Gasteiger partial charge is 0.474 e. The van der Waals surface area contributed by atoms with Gasteiger partial charge in [-0.2, -0.15) is 0 Å². The number of hydrogen-bond acceptors (Lipinski definition) is 3. The molecular formula is C10H8BrNO3. The van der Waals surface area contributed by atoms with Crippen molar-refractivity contribution >= 4 is 27.8 Å². The van der Waals surface area contributed by atoms with E-state index in [2.05, 4.69) is 20.9 Å². The van der Waals surface area contributed by atoms with Crippen molar-refractivity contribution in [3.05, 3.63) is 34.3 Å². The van der Waals surface area contributed by atoms with E-state index in [9.17, 15) is 4.79 Å². The van der Waals surface area contributed by atoms with Crippen LogP contribution in [0.4, 0.5) is 0 Å². The number of carboxylic acid groups (broad SMARTS) is 1. The summed E-state index contributed by atoms with van der Waals surface area (Å²) in [6.45, 7) is 0.295. The maximum Gasteiger partial charge on any atom is 0.391 e. The normalized spacial score (nSPS) is 19.5. The third kappa shape index (κ3) is 2.18. The molecule has 5 heteroatoms. The van der Waals surface area contributed by atoms with Gasteiger partial charge in [-0.05, 0) is 17.7 Å². The summed E-state index contributed by atoms with van der Waals surface area (Å²) in [7, 11) is 0. The van der Waals surface area contributed by atoms with Crippen LogP contribution in [0.2, 0.25) is 0 Å². The fourth-order valence-corrected chi connectivity index (χ4v) is 1.61. The van der Waals surface area contributed by atoms with Crippen molar-refractivity contribution in [3.63, 3.8) is 0 Å². The Morgan fingerprint density at radius 3 is 2.67 bits per heavy atom. The summed E-state index contributed by atoms with van der Waals surface area (Å²) in [6, 6.07) is 7.37. The van der Waals surface area contributed by atoms with Crippen LogP contribution in [-0.2, 0) is 9.53 Å². The highest BCUT2D eigenvalue weighted by molar-refractivity contribution is 9.10. The third-order valence-corrected chi connectivity index (χ3v) is 2.62. The van der Waals surface area contributed by atoms with E-state index >= 15 is 0 Å². The van der Waals surface area contributed by atoms with Crippen molar-refractivity contribution in [2.45, 2.75) is 6.04 Å². The van der Waals surface area contributed by atoms with Crippen LogP contribution in [-0.4, -0.2) is 23.6 Å². The third-order valence-electron chi connectivity index (χ3n) is 2.09. The highest BCUT2D eigenvalue weighted by Gasteiger charge is 2.24. The molecule has 1 heterocycles. The van der Waals surface area contributed by atoms with E-state index in [0.717, 1.165) is 10.0 Å². The number of aliphatic imine (C=N–C) groups is 1. The fraction of sp³-hybridized carbons (Fsp3) is 0.200. The Labute approximate surface area is 94.7 Å². The van der Waals surface area contributed by atoms with Crippen molar-refractivity contribution in [2.24, 2.45) is 4.99 Å². The maximum absolute atomic E-state index is 10.6. The predicted molar refractivity (Wildman–Crippen MR) is 57.9 cm³/mol. The lowest BCUT2D eigenvalue weighted by atomic mass is 10.1. The number of carboxylic acids is 1. The molecule has 4 nitrogen and oxygen atoms in total. The summed E-state index contributed by atoms with van der Waals surface area (Å²) in [4.78, 5) is 14.5. The van der Waals surface area contributed by atoms with E-state index < -0.39 is 5.97 Å². The first-order chi connectivity index (χ1) is 7.16. The first-order valence-electron chi connectivity index (χ1n) is 4.36. The second kappa shape index (κ2) is 4.02. The number of benzene rings is 1. The van der Waals surface area contributed by atoms with Crippen LogP contribution in [0.1, 0.15) is 11.6 Å². The molecule has 15 heavy (non-hydrogen) atoms. The van der Waals surface area contributed by atoms with Gasteiger partial charge in [0.05, 0.1) is 0 Å². The second-order valence-electron chi connectivity index (χ2n) is 3.12. The Morgan fingerprint density at radius 1 is 1.47 bits per heavy atom. The Bertz CT molecular complexity index is 413. The van der Waals surface area contributed by atoms with E-state index in [-0.39, 0.29) is 11.9 Å². The quantitative estimate of drug-likeness (QED) is 0.894. The van der Waals surface area contributed by atoms with E-state index in [4.69, 9.17) is 9.84 Å². The predicted octanol–water partition coefficient (Wildman–Crippen LogP) is 2.00. The van der Waals surface area contributed by atoms with Gasteiger partial charge in [-0.15, -0.1) is 0 Å². The van der Waals surface area contributed by atoms with Crippen molar-refractivity contribution in [3.8, 4) is 0 Å². The zero-order valence-electron chi connectivity index (χ0n) is 7.68. The number of halogens is 1. The summed E-state index contributed by atoms with van der Waals surface area (Å²) < 4.78 is 5.93. The van der Waals surface area contributed by atoms with E-state index in [0.29, 0.717) is 6.61 Å². The number of hydrogen-bond donors (Lipinski definition) is 1. The molecule has 78 valence electrons. The molecule has 1 aromatic rings. The highest BCUT2D eigenvalue weighted by Crippen LogP contribution is 2.24. The summed E-state index contributed by atoms with van der Waals surface area (Å²) in [6.07, 6.45) is 0. The van der Waals surface area contributed by atoms with Gasteiger partial charge in [0.1, 0.15) is 12.6 Å². The first kappa shape index (κ1) is 10.2. The van der Waals surface area contributed by atoms with Gasteiger partial charge in [-0.1, -0.05) is 28.1 Å². The topological polar surface area (TPSA) is 58.9 Å². The highest BCUT2D eigenvalue weighted by atomic mass is 79.9. The molecule has 0 aliphatic carbocycles. The maximum atomic E-state index is 10.6. The van der Waals surface area contributed by atoms with Crippen molar-refractivity contribution in [1.29, 1.82) is 0 Å². The zero-order valence-corrected chi connectivity index (χ0v) is 9.27. The van der Waals surface area contributed by atoms with Gasteiger partial charge in [0.25, 0.3) is 5.90 Å². The van der Waals surface area contributed by atoms with E-state index in [1.807, 2.05) is 24.3 Å². The molecule has 2 rings (SSSR count). The molecule has 0 saturated heterocycles. The molecule has 0 aromatic heterocycles. The van der Waals surface area contributed by atoms with E-state index in [1.54, 1.807) is 0 Å². The van der Waals surface area contributed by atoms with Gasteiger partial charge in [-0.25, -0.2) is 9.79 Å². The van der Waals surface area contributed by atoms with Crippen LogP contribution in [0.25, 0.3) is 0 Å². The van der Waals surface area contributed by atoms with Crippen molar-refractivity contribution in [1.82, 2.24) is 0 Å². The second-order valence-corrected chi connectivity index (χ2v) is 4.03. The van der Waals surface area contributed by atoms with E-state index in [1.165, 1.54) is 0 Å². The smallest absolute Gasteiger partial charge is 0.391 e. The number of nitrogens with zero attached hydrogens (tertiary/aromatic N) is 1. The van der Waals surface area contributed by atoms with Crippen molar-refractivity contribution in [2.75, 3.05) is 6.61 Å². The minimum absolute atomic E-state index is 0.204. The molecule has 1 aromatic carbocycles. The Balaban J connectivity index is 2.20. The van der Waals surface area contributed by atoms with Gasteiger partial charge in [-0.3, -0.25) is 0 Å². The minimum atomic E-state index is -1.12. The lowest BCUT2D eigenvalue weighted by Gasteiger charge is -2.04. The molecule has 1 atom stereocenters. The molecule has 1 aliphatic heterocycles. The molecule has 0 amide bonds. The molecule has 1 aliphatic rings. The summed E-state index contributed by atoms with van der Waals surface area (Å²) >= 11 is 3.33. The molecule has 0 radical (unpaired) electrons. The average molecular weight is 270 g/mol. The van der Waals surface area contributed by atoms with Gasteiger partial charge in [0.15, 0.2) is 0 Å². The first-order valence-corrected chi connectivity index (χ1v) is 5.15. The van der Waals surface area contributed by atoms with Crippen molar-refractivity contribution < 1.29 is 14.6 Å². The van der Waals surface area contributed by atoms with Crippen LogP contribution < -0.4 is 0 Å². The SMILES string of the molecule is O=C(O)C1=NC(c2ccc(Br)cc2)CO1. The van der Waals surface area contributed by atoms with Crippen LogP contribution in [0, 0.1) is 0 Å². The molecule has 0 spiro atoms. The van der Waals surface area contributed by atoms with Gasteiger partial charge >= 0.3 is 5.97 Å². The van der Waals surface area contributed by atoms with Crippen LogP contribution >= 0.6 is 15.9 Å². The standard InChI is InChI=1S/C10H8BrNO3/c11-7-3-1-6(2-4-7)8-5-15-9(12-8)10(13)14/h1-4,8H,5H2,(H,13,14). The van der Waals surface area contributed by atoms with Crippen LogP contribution in [0.3, 0.4) is 0 Å². The van der Waals surface area contributed by atoms with Gasteiger partial charge in [0.2, 0.25) is 0 Å². The number of carbonyl (C=O) groups is 1. The monoisotopic (exact) mass is 269 g/mol. The molecule has 0 fully saturated rings. The lowest BCUT2D eigenvalue weighted by Crippen LogP contribution is -2.12. The van der Waals surface area contributed by atoms with Gasteiger partial charge in [0, 0.05) is 4.47 Å². The number of ether oxygens (including phenoxy) is 1. The number of rotatable bonds is 2. The Morgan fingerprint density at radius 2 is 2.13 bits per heavy atom. The Hall–Kier alpha value is -1.36. The fourth-order valence-electron chi connectivity index (χ4n) is 1.35. The van der Waals surface area contributed by atoms with Crippen LogP contribution in [0.5, 0.6) is 0 Å². The summed E-state index contributed by atoms with van der Waals surface area (Å²) in [5.74, 6) is -1.32. The van der Waals surface area contributed by atoms with Crippen LogP contribution in [0.15, 0.2) is 33.7 Å². The molecule has 0 saturated carbocycles. The molecule has 0 bridgehead atoms. The minimum Gasteiger partial charge on any atom is -0.474 e. The molecule has 1 N–H and O–H groups in total. The lowest BCUT2D eigenvalue weighted by molar-refractivity contribution is -0.130. The number of aliphatic carboxylic acids is 1. The molecule has 1 unspecified atom stereocenters. The zero-order chi connectivity index (χ0) is 10.8. The molecular weight excluding hydrogens is 262 g/mol. The summed E-state index contributed by atoms with van der Waals surface area (Å²) in [5.41, 5.74) is 0.953. The Kier molecular flexibility index (Phi) is 2.73. The van der Waals surface area contributed by atoms with Gasteiger partial charge < -0.3 is 9.84 Å². The summed E-state index contributed by atoms with van der Waals surface area (Å²) in [5, 5.41) is 8.66.